The van der Waals surface area contributed by atoms with Crippen LogP contribution >= 0.6 is 0 Å². The highest BCUT2D eigenvalue weighted by Gasteiger charge is 2.08. The van der Waals surface area contributed by atoms with E-state index in [1.165, 1.54) is 25.3 Å². The average molecular weight is 420 g/mol. The van der Waals surface area contributed by atoms with E-state index in [-0.39, 0.29) is 12.5 Å². The normalized spacial score (nSPS) is 10.5. The molecule has 0 saturated carbocycles. The van der Waals surface area contributed by atoms with Crippen LogP contribution in [-0.4, -0.2) is 25.5 Å². The van der Waals surface area contributed by atoms with Gasteiger partial charge in [0.25, 0.3) is 5.91 Å². The Morgan fingerprint density at radius 3 is 2.32 bits per heavy atom. The molecule has 0 spiro atoms. The number of benzene rings is 3. The molecule has 0 aliphatic heterocycles. The fourth-order valence-corrected chi connectivity index (χ4v) is 2.71. The van der Waals surface area contributed by atoms with E-state index in [4.69, 9.17) is 9.47 Å². The van der Waals surface area contributed by atoms with Crippen LogP contribution in [0, 0.1) is 5.82 Å². The van der Waals surface area contributed by atoms with Crippen molar-refractivity contribution >= 4 is 29.3 Å². The lowest BCUT2D eigenvalue weighted by Crippen LogP contribution is -2.20. The summed E-state index contributed by atoms with van der Waals surface area (Å²) < 4.78 is 24.3. The first kappa shape index (κ1) is 21.6. The number of carbonyl (C=O) groups excluding carboxylic acids is 2. The Hall–Kier alpha value is -4.13. The molecule has 0 heterocycles. The van der Waals surface area contributed by atoms with Gasteiger partial charge in [0.05, 0.1) is 7.11 Å². The van der Waals surface area contributed by atoms with Crippen molar-refractivity contribution in [3.05, 3.63) is 90.3 Å². The second-order valence-electron chi connectivity index (χ2n) is 6.41. The van der Waals surface area contributed by atoms with Crippen LogP contribution in [0.5, 0.6) is 11.5 Å². The van der Waals surface area contributed by atoms with Crippen LogP contribution in [0.2, 0.25) is 0 Å². The zero-order valence-corrected chi connectivity index (χ0v) is 16.8. The maximum absolute atomic E-state index is 13.6. The smallest absolute Gasteiger partial charge is 0.262 e. The molecule has 158 valence electrons. The SMILES string of the molecule is COc1ccccc1OCC(=O)Nc1cccc(NC(=O)C=Cc2ccccc2F)c1. The number of ether oxygens (including phenoxy) is 2. The standard InChI is InChI=1S/C24H21FN2O4/c1-30-21-11-4-5-12-22(21)31-16-24(29)27-19-9-6-8-18(15-19)26-23(28)14-13-17-7-2-3-10-20(17)25/h2-15H,16H2,1H3,(H,26,28)(H,27,29). The monoisotopic (exact) mass is 420 g/mol. The quantitative estimate of drug-likeness (QED) is 0.526. The van der Waals surface area contributed by atoms with Gasteiger partial charge in [-0.25, -0.2) is 4.39 Å². The summed E-state index contributed by atoms with van der Waals surface area (Å²) in [6.45, 7) is -0.206. The summed E-state index contributed by atoms with van der Waals surface area (Å²) in [4.78, 5) is 24.3. The van der Waals surface area contributed by atoms with Crippen LogP contribution in [0.25, 0.3) is 6.08 Å². The molecule has 0 saturated heterocycles. The third kappa shape index (κ3) is 6.43. The van der Waals surface area contributed by atoms with E-state index >= 15 is 0 Å². The molecule has 6 nitrogen and oxygen atoms in total. The van der Waals surface area contributed by atoms with Crippen molar-refractivity contribution in [2.24, 2.45) is 0 Å². The van der Waals surface area contributed by atoms with Crippen molar-refractivity contribution < 1.29 is 23.5 Å². The summed E-state index contributed by atoms with van der Waals surface area (Å²) in [5.74, 6) is -0.210. The highest BCUT2D eigenvalue weighted by atomic mass is 19.1. The number of hydrogen-bond donors (Lipinski definition) is 2. The van der Waals surface area contributed by atoms with Crippen molar-refractivity contribution in [2.75, 3.05) is 24.4 Å². The van der Waals surface area contributed by atoms with Crippen molar-refractivity contribution in [2.45, 2.75) is 0 Å². The molecule has 7 heteroatoms. The number of hydrogen-bond acceptors (Lipinski definition) is 4. The van der Waals surface area contributed by atoms with Crippen LogP contribution in [0.1, 0.15) is 5.56 Å². The lowest BCUT2D eigenvalue weighted by atomic mass is 10.2. The molecule has 0 radical (unpaired) electrons. The summed E-state index contributed by atoms with van der Waals surface area (Å²) in [7, 11) is 1.52. The highest BCUT2D eigenvalue weighted by Crippen LogP contribution is 2.25. The molecular formula is C24H21FN2O4. The fraction of sp³-hybridized carbons (Fsp3) is 0.0833. The Morgan fingerprint density at radius 1 is 0.903 bits per heavy atom. The number of rotatable bonds is 8. The average Bonchev–Trinajstić information content (AvgIpc) is 2.77. The van der Waals surface area contributed by atoms with Gasteiger partial charge in [-0.3, -0.25) is 9.59 Å². The van der Waals surface area contributed by atoms with Crippen LogP contribution in [0.15, 0.2) is 78.9 Å². The van der Waals surface area contributed by atoms with Crippen LogP contribution in [-0.2, 0) is 9.59 Å². The maximum Gasteiger partial charge on any atom is 0.262 e. The summed E-state index contributed by atoms with van der Waals surface area (Å²) in [6, 6.07) is 19.8. The molecule has 3 aromatic rings. The van der Waals surface area contributed by atoms with Gasteiger partial charge in [-0.05, 0) is 42.5 Å². The molecule has 2 amide bonds. The van der Waals surface area contributed by atoms with Gasteiger partial charge in [0, 0.05) is 23.0 Å². The Bertz CT molecular complexity index is 1100. The number of para-hydroxylation sites is 2. The van der Waals surface area contributed by atoms with Gasteiger partial charge in [-0.15, -0.1) is 0 Å². The second kappa shape index (κ2) is 10.6. The molecule has 0 bridgehead atoms. The summed E-state index contributed by atoms with van der Waals surface area (Å²) in [5, 5.41) is 5.38. The summed E-state index contributed by atoms with van der Waals surface area (Å²) >= 11 is 0. The first-order valence-electron chi connectivity index (χ1n) is 9.44. The number of halogens is 1. The number of amides is 2. The summed E-state index contributed by atoms with van der Waals surface area (Å²) in [5.41, 5.74) is 1.28. The van der Waals surface area contributed by atoms with E-state index in [1.54, 1.807) is 66.7 Å². The maximum atomic E-state index is 13.6. The van der Waals surface area contributed by atoms with Gasteiger partial charge in [0.1, 0.15) is 5.82 Å². The highest BCUT2D eigenvalue weighted by molar-refractivity contribution is 6.02. The first-order valence-corrected chi connectivity index (χ1v) is 9.44. The Balaban J connectivity index is 1.55. The fourth-order valence-electron chi connectivity index (χ4n) is 2.71. The number of nitrogens with one attached hydrogen (secondary N) is 2. The second-order valence-corrected chi connectivity index (χ2v) is 6.41. The molecular weight excluding hydrogens is 399 g/mol. The molecule has 3 rings (SSSR count). The van der Waals surface area contributed by atoms with E-state index in [9.17, 15) is 14.0 Å². The molecule has 0 fully saturated rings. The number of carbonyl (C=O) groups is 2. The molecule has 0 atom stereocenters. The van der Waals surface area contributed by atoms with Crippen LogP contribution in [0.3, 0.4) is 0 Å². The molecule has 0 aliphatic rings. The first-order chi connectivity index (χ1) is 15.0. The predicted molar refractivity (Wildman–Crippen MR) is 118 cm³/mol. The van der Waals surface area contributed by atoms with Crippen LogP contribution < -0.4 is 20.1 Å². The van der Waals surface area contributed by atoms with Crippen LogP contribution in [0.4, 0.5) is 15.8 Å². The van der Waals surface area contributed by atoms with Gasteiger partial charge >= 0.3 is 0 Å². The van der Waals surface area contributed by atoms with E-state index in [0.29, 0.717) is 28.4 Å². The molecule has 2 N–H and O–H groups in total. The van der Waals surface area contributed by atoms with Gasteiger partial charge in [0.2, 0.25) is 5.91 Å². The summed E-state index contributed by atoms with van der Waals surface area (Å²) in [6.07, 6.45) is 2.64. The third-order valence-electron chi connectivity index (χ3n) is 4.16. The van der Waals surface area contributed by atoms with Crippen molar-refractivity contribution in [3.63, 3.8) is 0 Å². The topological polar surface area (TPSA) is 76.7 Å². The van der Waals surface area contributed by atoms with E-state index < -0.39 is 11.7 Å². The van der Waals surface area contributed by atoms with Gasteiger partial charge in [-0.2, -0.15) is 0 Å². The Kier molecular flexibility index (Phi) is 7.37. The Morgan fingerprint density at radius 2 is 1.58 bits per heavy atom. The van der Waals surface area contributed by atoms with Gasteiger partial charge < -0.3 is 20.1 Å². The minimum absolute atomic E-state index is 0.206. The van der Waals surface area contributed by atoms with Gasteiger partial charge in [0.15, 0.2) is 18.1 Å². The van der Waals surface area contributed by atoms with Crippen molar-refractivity contribution in [3.8, 4) is 11.5 Å². The molecule has 31 heavy (non-hydrogen) atoms. The van der Waals surface area contributed by atoms with Gasteiger partial charge in [-0.1, -0.05) is 36.4 Å². The van der Waals surface area contributed by atoms with Crippen molar-refractivity contribution in [1.29, 1.82) is 0 Å². The van der Waals surface area contributed by atoms with E-state index in [2.05, 4.69) is 10.6 Å². The lowest BCUT2D eigenvalue weighted by molar-refractivity contribution is -0.118. The third-order valence-corrected chi connectivity index (χ3v) is 4.16. The molecule has 0 aromatic heterocycles. The zero-order valence-electron chi connectivity index (χ0n) is 16.8. The number of anilines is 2. The number of methoxy groups -OCH3 is 1. The largest absolute Gasteiger partial charge is 0.493 e. The Labute approximate surface area is 179 Å². The molecule has 0 aliphatic carbocycles. The minimum Gasteiger partial charge on any atom is -0.493 e. The van der Waals surface area contributed by atoms with E-state index in [0.717, 1.165) is 0 Å². The van der Waals surface area contributed by atoms with Crippen molar-refractivity contribution in [1.82, 2.24) is 0 Å². The zero-order chi connectivity index (χ0) is 22.1. The van der Waals surface area contributed by atoms with E-state index in [1.807, 2.05) is 0 Å². The lowest BCUT2D eigenvalue weighted by Gasteiger charge is -2.11. The predicted octanol–water partition coefficient (Wildman–Crippen LogP) is 4.50. The molecule has 3 aromatic carbocycles. The minimum atomic E-state index is -0.425. The molecule has 0 unspecified atom stereocenters.